The van der Waals surface area contributed by atoms with Crippen molar-refractivity contribution in [2.75, 3.05) is 26.7 Å². The van der Waals surface area contributed by atoms with Gasteiger partial charge in [0, 0.05) is 48.5 Å². The van der Waals surface area contributed by atoms with Crippen LogP contribution in [0.15, 0.2) is 79.0 Å². The summed E-state index contributed by atoms with van der Waals surface area (Å²) in [5, 5.41) is 1.15. The van der Waals surface area contributed by atoms with E-state index in [1.54, 1.807) is 13.2 Å². The van der Waals surface area contributed by atoms with Gasteiger partial charge in [-0.1, -0.05) is 48.5 Å². The summed E-state index contributed by atoms with van der Waals surface area (Å²) in [4.78, 5) is 14.2. The highest BCUT2D eigenvalue weighted by Crippen LogP contribution is 2.32. The van der Waals surface area contributed by atoms with Crippen LogP contribution in [0.5, 0.6) is 5.75 Å². The molecule has 0 atom stereocenters. The van der Waals surface area contributed by atoms with Crippen molar-refractivity contribution in [3.8, 4) is 16.9 Å². The smallest absolute Gasteiger partial charge is 0.248 e. The van der Waals surface area contributed by atoms with Gasteiger partial charge >= 0.3 is 0 Å². The number of hydrogen-bond acceptors (Lipinski definition) is 3. The van der Waals surface area contributed by atoms with Gasteiger partial charge in [0.2, 0.25) is 5.91 Å². The average molecular weight is 454 g/mol. The SMILES string of the molecule is COc1cccc(-c2ccccc2)c1CCN1CCC(n2ccc3ccc(C(N)=O)cc32)CC1. The number of benzene rings is 3. The number of carbonyl (C=O) groups excluding carboxylic acids is 1. The molecule has 1 aliphatic rings. The van der Waals surface area contributed by atoms with E-state index < -0.39 is 0 Å². The Labute approximate surface area is 200 Å². The van der Waals surface area contributed by atoms with Crippen molar-refractivity contribution in [2.45, 2.75) is 25.3 Å². The summed E-state index contributed by atoms with van der Waals surface area (Å²) < 4.78 is 8.05. The molecule has 0 aliphatic carbocycles. The number of fused-ring (bicyclic) bond motifs is 1. The molecule has 0 saturated carbocycles. The highest BCUT2D eigenvalue weighted by molar-refractivity contribution is 5.97. The number of piperidine rings is 1. The highest BCUT2D eigenvalue weighted by Gasteiger charge is 2.22. The molecule has 0 spiro atoms. The quantitative estimate of drug-likeness (QED) is 0.413. The molecule has 174 valence electrons. The molecule has 0 unspecified atom stereocenters. The first kappa shape index (κ1) is 22.2. The van der Waals surface area contributed by atoms with Crippen molar-refractivity contribution in [1.29, 1.82) is 0 Å². The molecule has 5 heteroatoms. The lowest BCUT2D eigenvalue weighted by Gasteiger charge is -2.33. The number of methoxy groups -OCH3 is 1. The third kappa shape index (κ3) is 4.44. The van der Waals surface area contributed by atoms with Gasteiger partial charge in [0.1, 0.15) is 5.75 Å². The van der Waals surface area contributed by atoms with Crippen LogP contribution in [0.4, 0.5) is 0 Å². The number of primary amides is 1. The minimum Gasteiger partial charge on any atom is -0.496 e. The maximum Gasteiger partial charge on any atom is 0.248 e. The lowest BCUT2D eigenvalue weighted by molar-refractivity contribution is 0.100. The second kappa shape index (κ2) is 9.74. The third-order valence-corrected chi connectivity index (χ3v) is 7.07. The zero-order valence-electron chi connectivity index (χ0n) is 19.6. The number of aromatic nitrogens is 1. The monoisotopic (exact) mass is 453 g/mol. The molecule has 1 amide bonds. The summed E-state index contributed by atoms with van der Waals surface area (Å²) in [7, 11) is 1.75. The molecule has 5 rings (SSSR count). The fourth-order valence-corrected chi connectivity index (χ4v) is 5.21. The summed E-state index contributed by atoms with van der Waals surface area (Å²) in [5.74, 6) is 0.580. The van der Waals surface area contributed by atoms with Crippen molar-refractivity contribution < 1.29 is 9.53 Å². The number of rotatable bonds is 7. The Hall–Kier alpha value is -3.57. The lowest BCUT2D eigenvalue weighted by atomic mass is 9.96. The fraction of sp³-hybridized carbons (Fsp3) is 0.276. The van der Waals surface area contributed by atoms with E-state index >= 15 is 0 Å². The van der Waals surface area contributed by atoms with Crippen molar-refractivity contribution in [2.24, 2.45) is 5.73 Å². The van der Waals surface area contributed by atoms with Gasteiger partial charge in [-0.15, -0.1) is 0 Å². The lowest BCUT2D eigenvalue weighted by Crippen LogP contribution is -2.36. The summed E-state index contributed by atoms with van der Waals surface area (Å²) in [5.41, 5.74) is 10.9. The van der Waals surface area contributed by atoms with E-state index in [-0.39, 0.29) is 5.91 Å². The predicted octanol–water partition coefficient (Wildman–Crippen LogP) is 5.30. The van der Waals surface area contributed by atoms with Crippen molar-refractivity contribution in [3.05, 3.63) is 90.1 Å². The van der Waals surface area contributed by atoms with E-state index in [0.717, 1.165) is 55.5 Å². The van der Waals surface area contributed by atoms with Crippen molar-refractivity contribution in [1.82, 2.24) is 9.47 Å². The van der Waals surface area contributed by atoms with E-state index in [1.807, 2.05) is 12.1 Å². The van der Waals surface area contributed by atoms with Gasteiger partial charge in [0.15, 0.2) is 0 Å². The van der Waals surface area contributed by atoms with E-state index in [2.05, 4.69) is 70.3 Å². The van der Waals surface area contributed by atoms with E-state index in [9.17, 15) is 4.79 Å². The molecule has 4 aromatic rings. The van der Waals surface area contributed by atoms with Crippen LogP contribution >= 0.6 is 0 Å². The molecule has 2 N–H and O–H groups in total. The second-order valence-electron chi connectivity index (χ2n) is 9.04. The Kier molecular flexibility index (Phi) is 6.37. The summed E-state index contributed by atoms with van der Waals surface area (Å²) >= 11 is 0. The first-order valence-electron chi connectivity index (χ1n) is 12.0. The van der Waals surface area contributed by atoms with Crippen LogP contribution in [0.3, 0.4) is 0 Å². The Morgan fingerprint density at radius 2 is 1.79 bits per heavy atom. The Bertz CT molecular complexity index is 1290. The van der Waals surface area contributed by atoms with Crippen LogP contribution in [0.1, 0.15) is 34.8 Å². The van der Waals surface area contributed by atoms with Gasteiger partial charge in [0.05, 0.1) is 7.11 Å². The summed E-state index contributed by atoms with van der Waals surface area (Å²) in [6, 6.07) is 25.1. The zero-order valence-corrected chi connectivity index (χ0v) is 19.6. The average Bonchev–Trinajstić information content (AvgIpc) is 3.31. The van der Waals surface area contributed by atoms with E-state index in [1.165, 1.54) is 16.7 Å². The maximum absolute atomic E-state index is 11.6. The van der Waals surface area contributed by atoms with Crippen LogP contribution in [0, 0.1) is 0 Å². The molecular formula is C29H31N3O2. The van der Waals surface area contributed by atoms with Gasteiger partial charge < -0.3 is 19.9 Å². The van der Waals surface area contributed by atoms with Crippen LogP contribution in [-0.2, 0) is 6.42 Å². The molecule has 34 heavy (non-hydrogen) atoms. The van der Waals surface area contributed by atoms with E-state index in [0.29, 0.717) is 11.6 Å². The molecule has 1 fully saturated rings. The predicted molar refractivity (Wildman–Crippen MR) is 137 cm³/mol. The molecule has 1 aromatic heterocycles. The standard InChI is InChI=1S/C29H31N3O2/c1-34-28-9-5-8-25(21-6-3-2-4-7-21)26(28)15-18-31-16-13-24(14-17-31)32-19-12-22-10-11-23(29(30)33)20-27(22)32/h2-12,19-20,24H,13-18H2,1H3,(H2,30,33). The van der Waals surface area contributed by atoms with Crippen LogP contribution < -0.4 is 10.5 Å². The highest BCUT2D eigenvalue weighted by atomic mass is 16.5. The first-order chi connectivity index (χ1) is 16.6. The normalized spacial score (nSPS) is 15.0. The van der Waals surface area contributed by atoms with Gasteiger partial charge in [-0.2, -0.15) is 0 Å². The summed E-state index contributed by atoms with van der Waals surface area (Å²) in [6.45, 7) is 3.11. The summed E-state index contributed by atoms with van der Waals surface area (Å²) in [6.07, 6.45) is 5.27. The topological polar surface area (TPSA) is 60.5 Å². The minimum absolute atomic E-state index is 0.379. The van der Waals surface area contributed by atoms with Crippen LogP contribution in [-0.4, -0.2) is 42.1 Å². The number of nitrogens with zero attached hydrogens (tertiary/aromatic N) is 2. The molecule has 1 aliphatic heterocycles. The van der Waals surface area contributed by atoms with Gasteiger partial charge in [-0.25, -0.2) is 0 Å². The molecule has 0 bridgehead atoms. The first-order valence-corrected chi connectivity index (χ1v) is 12.0. The molecule has 3 aromatic carbocycles. The number of hydrogen-bond donors (Lipinski definition) is 1. The Morgan fingerprint density at radius 1 is 1.00 bits per heavy atom. The molecule has 5 nitrogen and oxygen atoms in total. The van der Waals surface area contributed by atoms with Crippen molar-refractivity contribution in [3.63, 3.8) is 0 Å². The molecule has 0 radical (unpaired) electrons. The fourth-order valence-electron chi connectivity index (χ4n) is 5.21. The van der Waals surface area contributed by atoms with Gasteiger partial charge in [0.25, 0.3) is 0 Å². The van der Waals surface area contributed by atoms with Crippen molar-refractivity contribution >= 4 is 16.8 Å². The minimum atomic E-state index is -0.379. The number of ether oxygens (including phenoxy) is 1. The largest absolute Gasteiger partial charge is 0.496 e. The number of likely N-dealkylation sites (tertiary alicyclic amines) is 1. The van der Waals surface area contributed by atoms with E-state index in [4.69, 9.17) is 10.5 Å². The molecular weight excluding hydrogens is 422 g/mol. The number of amides is 1. The number of carbonyl (C=O) groups is 1. The zero-order chi connectivity index (χ0) is 23.5. The van der Waals surface area contributed by atoms with Crippen LogP contribution in [0.2, 0.25) is 0 Å². The van der Waals surface area contributed by atoms with Gasteiger partial charge in [-0.3, -0.25) is 4.79 Å². The third-order valence-electron chi connectivity index (χ3n) is 7.07. The number of nitrogens with two attached hydrogens (primary N) is 1. The Morgan fingerprint density at radius 3 is 2.53 bits per heavy atom. The maximum atomic E-state index is 11.6. The van der Waals surface area contributed by atoms with Crippen LogP contribution in [0.25, 0.3) is 22.0 Å². The molecule has 1 saturated heterocycles. The van der Waals surface area contributed by atoms with Gasteiger partial charge in [-0.05, 0) is 60.0 Å². The molecule has 2 heterocycles. The second-order valence-corrected chi connectivity index (χ2v) is 9.04. The Balaban J connectivity index is 1.27.